The van der Waals surface area contributed by atoms with Crippen LogP contribution in [0.5, 0.6) is 0 Å². The molecule has 0 aliphatic rings. The van der Waals surface area contributed by atoms with Crippen LogP contribution in [0.1, 0.15) is 5.56 Å². The molecule has 0 bridgehead atoms. The van der Waals surface area contributed by atoms with Gasteiger partial charge in [0.15, 0.2) is 0 Å². The van der Waals surface area contributed by atoms with E-state index in [0.717, 1.165) is 5.69 Å². The first-order valence-electron chi connectivity index (χ1n) is 6.18. The maximum absolute atomic E-state index is 6.14. The molecule has 0 aromatic heterocycles. The molecule has 0 amide bonds. The maximum atomic E-state index is 6.14. The van der Waals surface area contributed by atoms with Crippen LogP contribution in [0.4, 0.5) is 5.69 Å². The van der Waals surface area contributed by atoms with Crippen molar-refractivity contribution in [3.05, 3.63) is 54.1 Å². The normalized spacial score (nSPS) is 11.8. The van der Waals surface area contributed by atoms with Gasteiger partial charge in [-0.1, -0.05) is 36.4 Å². The molecule has 86 valence electrons. The van der Waals surface area contributed by atoms with Gasteiger partial charge in [0.1, 0.15) is 0 Å². The molecule has 0 aliphatic heterocycles. The van der Waals surface area contributed by atoms with E-state index in [1.807, 2.05) is 6.07 Å². The van der Waals surface area contributed by atoms with Crippen LogP contribution in [0.3, 0.4) is 0 Å². The highest BCUT2D eigenvalue weighted by Gasteiger charge is 2.10. The zero-order valence-corrected chi connectivity index (χ0v) is 10.2. The van der Waals surface area contributed by atoms with Gasteiger partial charge < -0.3 is 5.73 Å². The maximum Gasteiger partial charge on any atom is 0.0394 e. The fourth-order valence-electron chi connectivity index (χ4n) is 3.02. The first kappa shape index (κ1) is 9.72. The Morgan fingerprint density at radius 3 is 2.28 bits per heavy atom. The monoisotopic (exact) mass is 231 g/mol. The zero-order chi connectivity index (χ0) is 12.3. The summed E-state index contributed by atoms with van der Waals surface area (Å²) in [6, 6.07) is 17.2. The average molecular weight is 231 g/mol. The second-order valence-electron chi connectivity index (χ2n) is 4.96. The summed E-state index contributed by atoms with van der Waals surface area (Å²) in [5.74, 6) is 0. The largest absolute Gasteiger partial charge is 0.398 e. The molecule has 1 nitrogen and oxygen atoms in total. The second kappa shape index (κ2) is 3.14. The Hall–Kier alpha value is -2.28. The summed E-state index contributed by atoms with van der Waals surface area (Å²) in [6.07, 6.45) is 0. The van der Waals surface area contributed by atoms with E-state index in [0.29, 0.717) is 0 Å². The minimum Gasteiger partial charge on any atom is -0.398 e. The van der Waals surface area contributed by atoms with E-state index in [1.165, 1.54) is 37.9 Å². The highest BCUT2D eigenvalue weighted by molar-refractivity contribution is 6.25. The van der Waals surface area contributed by atoms with E-state index in [9.17, 15) is 0 Å². The minimum atomic E-state index is 0.865. The predicted molar refractivity (Wildman–Crippen MR) is 79.3 cm³/mol. The van der Waals surface area contributed by atoms with Gasteiger partial charge in [-0.3, -0.25) is 0 Å². The van der Waals surface area contributed by atoms with Crippen molar-refractivity contribution in [2.45, 2.75) is 6.92 Å². The molecule has 0 radical (unpaired) electrons. The number of aryl methyl sites for hydroxylation is 1. The summed E-state index contributed by atoms with van der Waals surface area (Å²) in [6.45, 7) is 2.16. The molecule has 0 saturated heterocycles. The third kappa shape index (κ3) is 1.06. The van der Waals surface area contributed by atoms with Crippen molar-refractivity contribution >= 4 is 38.0 Å². The summed E-state index contributed by atoms with van der Waals surface area (Å²) in [5.41, 5.74) is 8.29. The topological polar surface area (TPSA) is 26.0 Å². The number of nitrogens with two attached hydrogens (primary N) is 1. The van der Waals surface area contributed by atoms with Gasteiger partial charge in [0.2, 0.25) is 0 Å². The highest BCUT2D eigenvalue weighted by atomic mass is 14.5. The van der Waals surface area contributed by atoms with Gasteiger partial charge in [0, 0.05) is 11.1 Å². The Kier molecular flexibility index (Phi) is 1.69. The number of anilines is 1. The lowest BCUT2D eigenvalue weighted by Crippen LogP contribution is -1.91. The molecule has 0 unspecified atom stereocenters. The summed E-state index contributed by atoms with van der Waals surface area (Å²) < 4.78 is 0. The van der Waals surface area contributed by atoms with E-state index in [4.69, 9.17) is 5.73 Å². The molecule has 2 N–H and O–H groups in total. The van der Waals surface area contributed by atoms with Gasteiger partial charge in [-0.25, -0.2) is 0 Å². The summed E-state index contributed by atoms with van der Waals surface area (Å²) in [4.78, 5) is 0. The van der Waals surface area contributed by atoms with E-state index in [1.54, 1.807) is 0 Å². The molecule has 4 aromatic rings. The second-order valence-corrected chi connectivity index (χ2v) is 4.96. The van der Waals surface area contributed by atoms with E-state index in [2.05, 4.69) is 49.4 Å². The Balaban J connectivity index is 2.49. The standard InChI is InChI=1S/C17H13N/c1-10-9-14-15(18)8-7-12-6-5-11-3-2-4-13(10)16(11)17(12)14/h2-9H,18H2,1H3. The Bertz CT molecular complexity index is 875. The van der Waals surface area contributed by atoms with E-state index >= 15 is 0 Å². The van der Waals surface area contributed by atoms with Crippen LogP contribution in [0.15, 0.2) is 48.5 Å². The number of rotatable bonds is 0. The van der Waals surface area contributed by atoms with Crippen LogP contribution >= 0.6 is 0 Å². The Morgan fingerprint density at radius 1 is 0.778 bits per heavy atom. The van der Waals surface area contributed by atoms with Gasteiger partial charge in [-0.15, -0.1) is 0 Å². The molecular formula is C17H13N. The first-order chi connectivity index (χ1) is 8.75. The SMILES string of the molecule is Cc1cc2c(N)ccc3ccc4cccc1c4c32. The van der Waals surface area contributed by atoms with Gasteiger partial charge in [-0.2, -0.15) is 0 Å². The van der Waals surface area contributed by atoms with Crippen molar-refractivity contribution < 1.29 is 0 Å². The molecular weight excluding hydrogens is 218 g/mol. The third-order valence-electron chi connectivity index (χ3n) is 3.89. The van der Waals surface area contributed by atoms with Crippen molar-refractivity contribution in [3.63, 3.8) is 0 Å². The minimum absolute atomic E-state index is 0.865. The Morgan fingerprint density at radius 2 is 1.44 bits per heavy atom. The van der Waals surface area contributed by atoms with Gasteiger partial charge in [0.25, 0.3) is 0 Å². The fourth-order valence-corrected chi connectivity index (χ4v) is 3.02. The summed E-state index contributed by atoms with van der Waals surface area (Å²) in [7, 11) is 0. The van der Waals surface area contributed by atoms with E-state index < -0.39 is 0 Å². The van der Waals surface area contributed by atoms with Crippen LogP contribution in [0, 0.1) is 6.92 Å². The van der Waals surface area contributed by atoms with Gasteiger partial charge in [-0.05, 0) is 51.6 Å². The van der Waals surface area contributed by atoms with Crippen molar-refractivity contribution in [1.82, 2.24) is 0 Å². The van der Waals surface area contributed by atoms with E-state index in [-0.39, 0.29) is 0 Å². The molecule has 0 atom stereocenters. The average Bonchev–Trinajstić information content (AvgIpc) is 2.40. The van der Waals surface area contributed by atoms with Crippen molar-refractivity contribution in [2.24, 2.45) is 0 Å². The molecule has 18 heavy (non-hydrogen) atoms. The smallest absolute Gasteiger partial charge is 0.0394 e. The van der Waals surface area contributed by atoms with Crippen molar-refractivity contribution in [2.75, 3.05) is 5.73 Å². The fraction of sp³-hybridized carbons (Fsp3) is 0.0588. The van der Waals surface area contributed by atoms with Crippen molar-refractivity contribution in [1.29, 1.82) is 0 Å². The zero-order valence-electron chi connectivity index (χ0n) is 10.2. The van der Waals surface area contributed by atoms with Crippen LogP contribution in [0.2, 0.25) is 0 Å². The molecule has 0 saturated carbocycles. The number of nitrogen functional groups attached to an aromatic ring is 1. The lowest BCUT2D eigenvalue weighted by atomic mass is 9.91. The molecule has 0 heterocycles. The lowest BCUT2D eigenvalue weighted by molar-refractivity contribution is 1.56. The molecule has 4 rings (SSSR count). The lowest BCUT2D eigenvalue weighted by Gasteiger charge is -2.13. The number of hydrogen-bond donors (Lipinski definition) is 1. The summed E-state index contributed by atoms with van der Waals surface area (Å²) in [5, 5.41) is 7.71. The van der Waals surface area contributed by atoms with Gasteiger partial charge >= 0.3 is 0 Å². The summed E-state index contributed by atoms with van der Waals surface area (Å²) >= 11 is 0. The van der Waals surface area contributed by atoms with Gasteiger partial charge in [0.05, 0.1) is 0 Å². The molecule has 0 spiro atoms. The first-order valence-corrected chi connectivity index (χ1v) is 6.18. The quantitative estimate of drug-likeness (QED) is 0.350. The molecule has 0 aliphatic carbocycles. The predicted octanol–water partition coefficient (Wildman–Crippen LogP) is 4.47. The van der Waals surface area contributed by atoms with Crippen LogP contribution < -0.4 is 5.73 Å². The molecule has 0 fully saturated rings. The van der Waals surface area contributed by atoms with Crippen LogP contribution in [-0.4, -0.2) is 0 Å². The molecule has 4 aromatic carbocycles. The third-order valence-corrected chi connectivity index (χ3v) is 3.89. The Labute approximate surface area is 105 Å². The van der Waals surface area contributed by atoms with Crippen LogP contribution in [-0.2, 0) is 0 Å². The highest BCUT2D eigenvalue weighted by Crippen LogP contribution is 2.38. The number of benzene rings is 4. The number of hydrogen-bond acceptors (Lipinski definition) is 1. The van der Waals surface area contributed by atoms with Crippen LogP contribution in [0.25, 0.3) is 32.3 Å². The molecule has 1 heteroatoms. The van der Waals surface area contributed by atoms with Crippen molar-refractivity contribution in [3.8, 4) is 0 Å².